The first-order chi connectivity index (χ1) is 9.72. The molecular formula is C15H16N2O2S. The summed E-state index contributed by atoms with van der Waals surface area (Å²) in [6, 6.07) is 3.71. The van der Waals surface area contributed by atoms with Crippen LogP contribution in [0.1, 0.15) is 46.1 Å². The van der Waals surface area contributed by atoms with Crippen LogP contribution in [0.15, 0.2) is 22.8 Å². The number of anilines is 1. The monoisotopic (exact) mass is 288 g/mol. The van der Waals surface area contributed by atoms with E-state index >= 15 is 0 Å². The van der Waals surface area contributed by atoms with Gasteiger partial charge in [-0.3, -0.25) is 4.79 Å². The van der Waals surface area contributed by atoms with E-state index in [1.54, 1.807) is 17.6 Å². The number of fused-ring (bicyclic) bond motifs is 3. The van der Waals surface area contributed by atoms with Gasteiger partial charge in [0.05, 0.1) is 11.8 Å². The zero-order valence-electron chi connectivity index (χ0n) is 11.2. The number of hydrogen-bond acceptors (Lipinski definition) is 4. The maximum Gasteiger partial charge on any atom is 0.256 e. The predicted molar refractivity (Wildman–Crippen MR) is 78.0 cm³/mol. The van der Waals surface area contributed by atoms with E-state index in [-0.39, 0.29) is 12.1 Å². The molecule has 104 valence electrons. The van der Waals surface area contributed by atoms with Crippen LogP contribution in [-0.2, 0) is 12.8 Å². The quantitative estimate of drug-likeness (QED) is 0.846. The van der Waals surface area contributed by atoms with Crippen LogP contribution < -0.4 is 10.6 Å². The highest BCUT2D eigenvalue weighted by atomic mass is 32.1. The fraction of sp³-hybridized carbons (Fsp3) is 0.400. The standard InChI is InChI=1S/C15H16N2O2S/c1-8-4-5-9-11(7-8)20-15-12(9)14(18)16-13(17-15)10-3-2-6-19-10/h2-3,6,8,13,17H,4-5,7H2,1H3,(H,16,18)/t8-,13+/m1/s1. The lowest BCUT2D eigenvalue weighted by molar-refractivity contribution is 0.0930. The van der Waals surface area contributed by atoms with Crippen LogP contribution in [-0.4, -0.2) is 5.91 Å². The molecule has 4 rings (SSSR count). The van der Waals surface area contributed by atoms with Gasteiger partial charge in [-0.15, -0.1) is 11.3 Å². The number of amides is 1. The summed E-state index contributed by atoms with van der Waals surface area (Å²) < 4.78 is 5.38. The number of nitrogens with one attached hydrogen (secondary N) is 2. The van der Waals surface area contributed by atoms with Crippen molar-refractivity contribution in [2.24, 2.45) is 5.92 Å². The van der Waals surface area contributed by atoms with Crippen molar-refractivity contribution in [2.45, 2.75) is 32.4 Å². The molecule has 0 unspecified atom stereocenters. The molecular weight excluding hydrogens is 272 g/mol. The molecule has 5 heteroatoms. The molecule has 1 amide bonds. The van der Waals surface area contributed by atoms with Crippen molar-refractivity contribution < 1.29 is 9.21 Å². The fourth-order valence-corrected chi connectivity index (χ4v) is 4.50. The topological polar surface area (TPSA) is 54.3 Å². The SMILES string of the molecule is C[C@@H]1CCc2c(sc3c2C(=O)N[C@H](c2ccco2)N3)C1. The second-order valence-corrected chi connectivity index (χ2v) is 6.73. The minimum Gasteiger partial charge on any atom is -0.465 e. The molecule has 3 heterocycles. The van der Waals surface area contributed by atoms with Gasteiger partial charge in [-0.2, -0.15) is 0 Å². The van der Waals surface area contributed by atoms with Crippen molar-refractivity contribution in [1.82, 2.24) is 5.32 Å². The second kappa shape index (κ2) is 4.38. The zero-order chi connectivity index (χ0) is 13.7. The molecule has 0 saturated heterocycles. The van der Waals surface area contributed by atoms with E-state index in [9.17, 15) is 4.79 Å². The number of furan rings is 1. The fourth-order valence-electron chi connectivity index (χ4n) is 3.06. The molecule has 2 N–H and O–H groups in total. The third kappa shape index (κ3) is 1.77. The van der Waals surface area contributed by atoms with Crippen LogP contribution >= 0.6 is 11.3 Å². The summed E-state index contributed by atoms with van der Waals surface area (Å²) in [5.41, 5.74) is 2.12. The van der Waals surface area contributed by atoms with Gasteiger partial charge in [0, 0.05) is 4.88 Å². The number of carbonyl (C=O) groups excluding carboxylic acids is 1. The molecule has 2 aromatic heterocycles. The third-order valence-corrected chi connectivity index (χ3v) is 5.30. The number of rotatable bonds is 1. The maximum atomic E-state index is 12.4. The Morgan fingerprint density at radius 3 is 3.10 bits per heavy atom. The molecule has 0 spiro atoms. The summed E-state index contributed by atoms with van der Waals surface area (Å²) in [6.07, 6.45) is 4.64. The van der Waals surface area contributed by atoms with Crippen molar-refractivity contribution in [3.63, 3.8) is 0 Å². The molecule has 2 atom stereocenters. The van der Waals surface area contributed by atoms with Gasteiger partial charge < -0.3 is 15.1 Å². The molecule has 0 radical (unpaired) electrons. The normalized spacial score (nSPS) is 24.6. The van der Waals surface area contributed by atoms with E-state index in [1.165, 1.54) is 16.9 Å². The molecule has 0 bridgehead atoms. The lowest BCUT2D eigenvalue weighted by Gasteiger charge is -2.25. The van der Waals surface area contributed by atoms with Crippen LogP contribution in [0.4, 0.5) is 5.00 Å². The molecule has 20 heavy (non-hydrogen) atoms. The van der Waals surface area contributed by atoms with E-state index in [0.717, 1.165) is 29.2 Å². The first-order valence-electron chi connectivity index (χ1n) is 6.97. The van der Waals surface area contributed by atoms with Crippen LogP contribution in [0.5, 0.6) is 0 Å². The van der Waals surface area contributed by atoms with Crippen LogP contribution in [0, 0.1) is 5.92 Å². The summed E-state index contributed by atoms with van der Waals surface area (Å²) in [5.74, 6) is 1.47. The minimum absolute atomic E-state index is 0.0206. The largest absolute Gasteiger partial charge is 0.465 e. The second-order valence-electron chi connectivity index (χ2n) is 5.62. The Kier molecular flexibility index (Phi) is 2.63. The average molecular weight is 288 g/mol. The van der Waals surface area contributed by atoms with E-state index in [0.29, 0.717) is 5.92 Å². The Morgan fingerprint density at radius 2 is 2.30 bits per heavy atom. The smallest absolute Gasteiger partial charge is 0.256 e. The van der Waals surface area contributed by atoms with Gasteiger partial charge in [-0.05, 0) is 42.9 Å². The Hall–Kier alpha value is -1.75. The van der Waals surface area contributed by atoms with Crippen molar-refractivity contribution >= 4 is 22.2 Å². The Bertz CT molecular complexity index is 660. The Morgan fingerprint density at radius 1 is 1.40 bits per heavy atom. The Labute approximate surface area is 121 Å². The maximum absolute atomic E-state index is 12.4. The van der Waals surface area contributed by atoms with Crippen molar-refractivity contribution in [3.8, 4) is 0 Å². The molecule has 2 aliphatic rings. The first-order valence-corrected chi connectivity index (χ1v) is 7.79. The molecule has 0 aromatic carbocycles. The highest BCUT2D eigenvalue weighted by Crippen LogP contribution is 2.42. The first kappa shape index (κ1) is 12.0. The molecule has 4 nitrogen and oxygen atoms in total. The molecule has 1 aliphatic carbocycles. The van der Waals surface area contributed by atoms with Gasteiger partial charge in [-0.25, -0.2) is 0 Å². The number of thiophene rings is 1. The summed E-state index contributed by atoms with van der Waals surface area (Å²) in [4.78, 5) is 13.8. The molecule has 2 aromatic rings. The van der Waals surface area contributed by atoms with Gasteiger partial charge in [0.15, 0.2) is 6.17 Å². The van der Waals surface area contributed by atoms with Gasteiger partial charge in [0.2, 0.25) is 0 Å². The number of hydrogen-bond donors (Lipinski definition) is 2. The molecule has 0 saturated carbocycles. The van der Waals surface area contributed by atoms with Crippen molar-refractivity contribution in [1.29, 1.82) is 0 Å². The average Bonchev–Trinajstić information content (AvgIpc) is 3.04. The third-order valence-electron chi connectivity index (χ3n) is 4.12. The minimum atomic E-state index is -0.262. The van der Waals surface area contributed by atoms with Crippen LogP contribution in [0.25, 0.3) is 0 Å². The highest BCUT2D eigenvalue weighted by Gasteiger charge is 2.33. The van der Waals surface area contributed by atoms with Crippen LogP contribution in [0.3, 0.4) is 0 Å². The van der Waals surface area contributed by atoms with Crippen LogP contribution in [0.2, 0.25) is 0 Å². The summed E-state index contributed by atoms with van der Waals surface area (Å²) in [5, 5.41) is 7.37. The highest BCUT2D eigenvalue weighted by molar-refractivity contribution is 7.16. The van der Waals surface area contributed by atoms with E-state index < -0.39 is 0 Å². The van der Waals surface area contributed by atoms with Gasteiger partial charge in [-0.1, -0.05) is 6.92 Å². The van der Waals surface area contributed by atoms with E-state index in [4.69, 9.17) is 4.42 Å². The van der Waals surface area contributed by atoms with Crippen molar-refractivity contribution in [2.75, 3.05) is 5.32 Å². The Balaban J connectivity index is 1.73. The van der Waals surface area contributed by atoms with Crippen molar-refractivity contribution in [3.05, 3.63) is 40.2 Å². The van der Waals surface area contributed by atoms with Gasteiger partial charge in [0.1, 0.15) is 10.8 Å². The van der Waals surface area contributed by atoms with Gasteiger partial charge >= 0.3 is 0 Å². The van der Waals surface area contributed by atoms with E-state index in [2.05, 4.69) is 17.6 Å². The van der Waals surface area contributed by atoms with E-state index in [1.807, 2.05) is 12.1 Å². The van der Waals surface area contributed by atoms with Gasteiger partial charge in [0.25, 0.3) is 5.91 Å². The summed E-state index contributed by atoms with van der Waals surface area (Å²) in [6.45, 7) is 2.28. The number of carbonyl (C=O) groups is 1. The lowest BCUT2D eigenvalue weighted by atomic mass is 9.88. The molecule has 0 fully saturated rings. The molecule has 1 aliphatic heterocycles. The zero-order valence-corrected chi connectivity index (χ0v) is 12.0. The predicted octanol–water partition coefficient (Wildman–Crippen LogP) is 3.32. The lowest BCUT2D eigenvalue weighted by Crippen LogP contribution is -2.38. The summed E-state index contributed by atoms with van der Waals surface area (Å²) in [7, 11) is 0. The summed E-state index contributed by atoms with van der Waals surface area (Å²) >= 11 is 1.73.